The van der Waals surface area contributed by atoms with E-state index in [-0.39, 0.29) is 0 Å². The maximum absolute atomic E-state index is 3.31. The fraction of sp³-hybridized carbons (Fsp3) is 0.667. The Morgan fingerprint density at radius 2 is 2.14 bits per heavy atom. The van der Waals surface area contributed by atoms with Gasteiger partial charge in [0, 0.05) is 5.41 Å². The zero-order valence-corrected chi connectivity index (χ0v) is 10.2. The van der Waals surface area contributed by atoms with Crippen molar-refractivity contribution < 1.29 is 0 Å². The molecule has 1 saturated carbocycles. The summed E-state index contributed by atoms with van der Waals surface area (Å²) in [6, 6.07) is 2.28. The van der Waals surface area contributed by atoms with Gasteiger partial charge in [0.2, 0.25) is 0 Å². The lowest BCUT2D eigenvalue weighted by Gasteiger charge is -2.12. The van der Waals surface area contributed by atoms with Gasteiger partial charge >= 0.3 is 0 Å². The zero-order valence-electron chi connectivity index (χ0n) is 9.42. The van der Waals surface area contributed by atoms with Gasteiger partial charge in [0.1, 0.15) is 0 Å². The zero-order chi connectivity index (χ0) is 10.4. The second kappa shape index (κ2) is 3.07. The normalized spacial score (nSPS) is 34.4. The van der Waals surface area contributed by atoms with Crippen LogP contribution in [0.1, 0.15) is 26.3 Å². The highest BCUT2D eigenvalue weighted by Gasteiger charge is 2.67. The van der Waals surface area contributed by atoms with Crippen LogP contribution in [0, 0.1) is 11.3 Å². The Bertz CT molecular complexity index is 315. The van der Waals surface area contributed by atoms with E-state index < -0.39 is 0 Å². The SMILES string of the molecule is CNCC1C(C)(C)C1(C)c1ccsc1. The first kappa shape index (κ1) is 10.2. The third-order valence-electron chi connectivity index (χ3n) is 4.35. The largest absolute Gasteiger partial charge is 0.319 e. The van der Waals surface area contributed by atoms with Gasteiger partial charge in [-0.25, -0.2) is 0 Å². The van der Waals surface area contributed by atoms with Crippen molar-refractivity contribution in [3.63, 3.8) is 0 Å². The molecule has 1 aliphatic carbocycles. The van der Waals surface area contributed by atoms with Gasteiger partial charge in [0.15, 0.2) is 0 Å². The summed E-state index contributed by atoms with van der Waals surface area (Å²) in [5.41, 5.74) is 2.35. The molecule has 0 aromatic carbocycles. The van der Waals surface area contributed by atoms with Gasteiger partial charge < -0.3 is 5.32 Å². The second-order valence-electron chi connectivity index (χ2n) is 5.05. The molecule has 0 bridgehead atoms. The highest BCUT2D eigenvalue weighted by atomic mass is 32.1. The van der Waals surface area contributed by atoms with Crippen LogP contribution in [0.25, 0.3) is 0 Å². The minimum Gasteiger partial charge on any atom is -0.319 e. The van der Waals surface area contributed by atoms with Crippen LogP contribution in [0.15, 0.2) is 16.8 Å². The van der Waals surface area contributed by atoms with Crippen molar-refractivity contribution in [1.82, 2.24) is 5.32 Å². The van der Waals surface area contributed by atoms with E-state index in [0.29, 0.717) is 10.8 Å². The summed E-state index contributed by atoms with van der Waals surface area (Å²) in [7, 11) is 2.04. The van der Waals surface area contributed by atoms with E-state index >= 15 is 0 Å². The molecule has 1 aliphatic rings. The van der Waals surface area contributed by atoms with Gasteiger partial charge in [-0.05, 0) is 47.3 Å². The Labute approximate surface area is 90.5 Å². The standard InChI is InChI=1S/C12H19NS/c1-11(2)10(7-13-4)12(11,3)9-5-6-14-8-9/h5-6,8,10,13H,7H2,1-4H3. The van der Waals surface area contributed by atoms with Crippen molar-refractivity contribution in [2.75, 3.05) is 13.6 Å². The predicted octanol–water partition coefficient (Wildman–Crippen LogP) is 2.88. The molecule has 2 atom stereocenters. The monoisotopic (exact) mass is 209 g/mol. The van der Waals surface area contributed by atoms with Gasteiger partial charge in [-0.1, -0.05) is 20.8 Å². The molecule has 0 amide bonds. The van der Waals surface area contributed by atoms with Crippen molar-refractivity contribution >= 4 is 11.3 Å². The van der Waals surface area contributed by atoms with E-state index in [0.717, 1.165) is 12.5 Å². The molecule has 1 aromatic heterocycles. The molecule has 1 heterocycles. The Morgan fingerprint density at radius 1 is 1.43 bits per heavy atom. The lowest BCUT2D eigenvalue weighted by atomic mass is 9.92. The lowest BCUT2D eigenvalue weighted by molar-refractivity contribution is 0.514. The van der Waals surface area contributed by atoms with Crippen LogP contribution in [0.2, 0.25) is 0 Å². The van der Waals surface area contributed by atoms with Gasteiger partial charge in [0.05, 0.1) is 0 Å². The molecule has 2 unspecified atom stereocenters. The van der Waals surface area contributed by atoms with Crippen LogP contribution < -0.4 is 5.32 Å². The minimum atomic E-state index is 0.385. The third-order valence-corrected chi connectivity index (χ3v) is 5.04. The molecule has 0 spiro atoms. The van der Waals surface area contributed by atoms with Gasteiger partial charge in [-0.3, -0.25) is 0 Å². The molecule has 1 fully saturated rings. The minimum absolute atomic E-state index is 0.385. The number of thiophene rings is 1. The Kier molecular flexibility index (Phi) is 2.24. The first-order chi connectivity index (χ1) is 6.55. The Morgan fingerprint density at radius 3 is 2.64 bits per heavy atom. The maximum atomic E-state index is 3.31. The van der Waals surface area contributed by atoms with Crippen LogP contribution in [-0.2, 0) is 5.41 Å². The van der Waals surface area contributed by atoms with Gasteiger partial charge in [-0.2, -0.15) is 11.3 Å². The van der Waals surface area contributed by atoms with Crippen molar-refractivity contribution in [2.24, 2.45) is 11.3 Å². The van der Waals surface area contributed by atoms with Crippen LogP contribution in [0.3, 0.4) is 0 Å². The molecule has 1 aromatic rings. The molecule has 78 valence electrons. The fourth-order valence-electron chi connectivity index (χ4n) is 2.90. The Hall–Kier alpha value is -0.340. The summed E-state index contributed by atoms with van der Waals surface area (Å²) in [5.74, 6) is 0.773. The smallest absolute Gasteiger partial charge is 0.00332 e. The number of rotatable bonds is 3. The van der Waals surface area contributed by atoms with E-state index in [9.17, 15) is 0 Å². The summed E-state index contributed by atoms with van der Waals surface area (Å²) in [4.78, 5) is 0. The third kappa shape index (κ3) is 1.10. The number of nitrogens with one attached hydrogen (secondary N) is 1. The first-order valence-corrected chi connectivity index (χ1v) is 6.16. The van der Waals surface area contributed by atoms with Crippen molar-refractivity contribution in [2.45, 2.75) is 26.2 Å². The van der Waals surface area contributed by atoms with E-state index in [2.05, 4.69) is 42.9 Å². The highest BCUT2D eigenvalue weighted by Crippen LogP contribution is 2.69. The van der Waals surface area contributed by atoms with Crippen molar-refractivity contribution in [3.05, 3.63) is 22.4 Å². The van der Waals surface area contributed by atoms with E-state index in [4.69, 9.17) is 0 Å². The summed E-state index contributed by atoms with van der Waals surface area (Å²) in [5, 5.41) is 7.79. The predicted molar refractivity (Wildman–Crippen MR) is 62.9 cm³/mol. The highest BCUT2D eigenvalue weighted by molar-refractivity contribution is 7.08. The first-order valence-electron chi connectivity index (χ1n) is 5.22. The molecule has 1 N–H and O–H groups in total. The maximum Gasteiger partial charge on any atom is 0.00332 e. The fourth-order valence-corrected chi connectivity index (χ4v) is 3.67. The van der Waals surface area contributed by atoms with Crippen LogP contribution in [-0.4, -0.2) is 13.6 Å². The lowest BCUT2D eigenvalue weighted by Crippen LogP contribution is -2.15. The van der Waals surface area contributed by atoms with Crippen molar-refractivity contribution in [3.8, 4) is 0 Å². The van der Waals surface area contributed by atoms with Crippen LogP contribution in [0.5, 0.6) is 0 Å². The van der Waals surface area contributed by atoms with Crippen LogP contribution >= 0.6 is 11.3 Å². The van der Waals surface area contributed by atoms with E-state index in [1.54, 1.807) is 11.3 Å². The molecule has 0 saturated heterocycles. The molecule has 0 radical (unpaired) electrons. The molecular weight excluding hydrogens is 190 g/mol. The van der Waals surface area contributed by atoms with Gasteiger partial charge in [-0.15, -0.1) is 0 Å². The molecule has 2 rings (SSSR count). The Balaban J connectivity index is 2.27. The van der Waals surface area contributed by atoms with Gasteiger partial charge in [0.25, 0.3) is 0 Å². The summed E-state index contributed by atoms with van der Waals surface area (Å²) in [6.07, 6.45) is 0. The molecule has 0 aliphatic heterocycles. The van der Waals surface area contributed by atoms with E-state index in [1.807, 2.05) is 7.05 Å². The number of hydrogen-bond acceptors (Lipinski definition) is 2. The average Bonchev–Trinajstić information content (AvgIpc) is 2.64. The second-order valence-corrected chi connectivity index (χ2v) is 5.83. The number of hydrogen-bond donors (Lipinski definition) is 1. The quantitative estimate of drug-likeness (QED) is 0.807. The van der Waals surface area contributed by atoms with Crippen LogP contribution in [0.4, 0.5) is 0 Å². The summed E-state index contributed by atoms with van der Waals surface area (Å²) < 4.78 is 0. The van der Waals surface area contributed by atoms with Crippen molar-refractivity contribution in [1.29, 1.82) is 0 Å². The summed E-state index contributed by atoms with van der Waals surface area (Å²) in [6.45, 7) is 8.29. The molecule has 14 heavy (non-hydrogen) atoms. The molecular formula is C12H19NS. The molecule has 2 heteroatoms. The summed E-state index contributed by atoms with van der Waals surface area (Å²) >= 11 is 1.81. The average molecular weight is 209 g/mol. The van der Waals surface area contributed by atoms with E-state index in [1.165, 1.54) is 5.56 Å². The topological polar surface area (TPSA) is 12.0 Å². The molecule has 1 nitrogen and oxygen atoms in total.